The number of hydrogen-bond acceptors (Lipinski definition) is 4. The lowest BCUT2D eigenvalue weighted by molar-refractivity contribution is -0.147. The van der Waals surface area contributed by atoms with Crippen molar-refractivity contribution in [2.24, 2.45) is 5.92 Å². The van der Waals surface area contributed by atoms with E-state index in [9.17, 15) is 4.79 Å². The summed E-state index contributed by atoms with van der Waals surface area (Å²) >= 11 is 0. The number of carbonyl (C=O) groups is 1. The summed E-state index contributed by atoms with van der Waals surface area (Å²) in [5.41, 5.74) is 0. The molecule has 1 saturated carbocycles. The van der Waals surface area contributed by atoms with E-state index in [1.807, 2.05) is 0 Å². The molecule has 92 valence electrons. The molecule has 0 spiro atoms. The summed E-state index contributed by atoms with van der Waals surface area (Å²) in [6, 6.07) is -0.282. The summed E-state index contributed by atoms with van der Waals surface area (Å²) in [4.78, 5) is 11.7. The average Bonchev–Trinajstić information content (AvgIpc) is 3.01. The van der Waals surface area contributed by atoms with Gasteiger partial charge in [-0.1, -0.05) is 0 Å². The van der Waals surface area contributed by atoms with Gasteiger partial charge in [0.25, 0.3) is 0 Å². The van der Waals surface area contributed by atoms with E-state index in [0.29, 0.717) is 0 Å². The van der Waals surface area contributed by atoms with Crippen LogP contribution in [0, 0.1) is 5.92 Å². The number of hydrogen-bond donors (Lipinski definition) is 1. The van der Waals surface area contributed by atoms with Gasteiger partial charge >= 0.3 is 5.97 Å². The molecule has 1 aliphatic carbocycles. The van der Waals surface area contributed by atoms with Gasteiger partial charge in [-0.15, -0.1) is 0 Å². The SMILES string of the molecule is COC(=O)C(NCC1CC1)C1CCC(C)O1. The predicted octanol–water partition coefficient (Wildman–Crippen LogP) is 1.10. The summed E-state index contributed by atoms with van der Waals surface area (Å²) in [7, 11) is 1.44. The van der Waals surface area contributed by atoms with Gasteiger partial charge in [0, 0.05) is 0 Å². The zero-order chi connectivity index (χ0) is 11.5. The number of methoxy groups -OCH3 is 1. The highest BCUT2D eigenvalue weighted by molar-refractivity contribution is 5.76. The second-order valence-corrected chi connectivity index (χ2v) is 4.91. The fourth-order valence-electron chi connectivity index (χ4n) is 2.19. The molecular formula is C12H21NO3. The number of esters is 1. The minimum atomic E-state index is -0.282. The first kappa shape index (κ1) is 11.9. The van der Waals surface area contributed by atoms with Crippen molar-refractivity contribution in [1.29, 1.82) is 0 Å². The second-order valence-electron chi connectivity index (χ2n) is 4.91. The topological polar surface area (TPSA) is 47.6 Å². The maximum Gasteiger partial charge on any atom is 0.325 e. The summed E-state index contributed by atoms with van der Waals surface area (Å²) in [6.45, 7) is 2.96. The van der Waals surface area contributed by atoms with Gasteiger partial charge in [0.15, 0.2) is 0 Å². The molecule has 1 N–H and O–H groups in total. The Balaban J connectivity index is 1.87. The number of nitrogens with one attached hydrogen (secondary N) is 1. The van der Waals surface area contributed by atoms with Crippen LogP contribution in [0.3, 0.4) is 0 Å². The monoisotopic (exact) mass is 227 g/mol. The van der Waals surface area contributed by atoms with E-state index in [0.717, 1.165) is 25.3 Å². The molecule has 2 rings (SSSR count). The Hall–Kier alpha value is -0.610. The van der Waals surface area contributed by atoms with Gasteiger partial charge in [-0.3, -0.25) is 4.79 Å². The molecule has 1 heterocycles. The van der Waals surface area contributed by atoms with Crippen LogP contribution in [0.15, 0.2) is 0 Å². The van der Waals surface area contributed by atoms with Crippen LogP contribution < -0.4 is 5.32 Å². The fourth-order valence-corrected chi connectivity index (χ4v) is 2.19. The first-order valence-electron chi connectivity index (χ1n) is 6.17. The first-order valence-corrected chi connectivity index (χ1v) is 6.17. The molecule has 0 aromatic rings. The van der Waals surface area contributed by atoms with Crippen LogP contribution in [0.1, 0.15) is 32.6 Å². The predicted molar refractivity (Wildman–Crippen MR) is 60.1 cm³/mol. The maximum atomic E-state index is 11.7. The number of carbonyl (C=O) groups excluding carboxylic acids is 1. The van der Waals surface area contributed by atoms with Crippen molar-refractivity contribution in [1.82, 2.24) is 5.32 Å². The van der Waals surface area contributed by atoms with Gasteiger partial charge in [-0.25, -0.2) is 0 Å². The standard InChI is InChI=1S/C12H21NO3/c1-8-3-6-10(16-8)11(12(14)15-2)13-7-9-4-5-9/h8-11,13H,3-7H2,1-2H3. The van der Waals surface area contributed by atoms with E-state index in [2.05, 4.69) is 12.2 Å². The van der Waals surface area contributed by atoms with Gasteiger partial charge in [0.05, 0.1) is 19.3 Å². The van der Waals surface area contributed by atoms with Crippen molar-refractivity contribution < 1.29 is 14.3 Å². The van der Waals surface area contributed by atoms with Crippen molar-refractivity contribution in [3.05, 3.63) is 0 Å². The summed E-state index contributed by atoms with van der Waals surface area (Å²) in [5, 5.41) is 3.30. The molecule has 0 radical (unpaired) electrons. The Morgan fingerprint density at radius 3 is 2.69 bits per heavy atom. The van der Waals surface area contributed by atoms with Crippen LogP contribution in [0.5, 0.6) is 0 Å². The van der Waals surface area contributed by atoms with Crippen LogP contribution >= 0.6 is 0 Å². The number of rotatable bonds is 5. The minimum Gasteiger partial charge on any atom is -0.468 e. The smallest absolute Gasteiger partial charge is 0.325 e. The number of ether oxygens (including phenoxy) is 2. The quantitative estimate of drug-likeness (QED) is 0.714. The van der Waals surface area contributed by atoms with E-state index in [1.54, 1.807) is 0 Å². The first-order chi connectivity index (χ1) is 7.70. The van der Waals surface area contributed by atoms with Crippen LogP contribution in [0.2, 0.25) is 0 Å². The van der Waals surface area contributed by atoms with Gasteiger partial charge in [0.2, 0.25) is 0 Å². The molecule has 1 saturated heterocycles. The van der Waals surface area contributed by atoms with Gasteiger partial charge in [-0.05, 0) is 45.1 Å². The van der Waals surface area contributed by atoms with E-state index in [1.165, 1.54) is 20.0 Å². The lowest BCUT2D eigenvalue weighted by Crippen LogP contribution is -2.47. The molecule has 3 atom stereocenters. The molecule has 2 aliphatic rings. The van der Waals surface area contributed by atoms with Gasteiger partial charge in [-0.2, -0.15) is 0 Å². The van der Waals surface area contributed by atoms with Crippen LogP contribution in [-0.2, 0) is 14.3 Å². The summed E-state index contributed by atoms with van der Waals surface area (Å²) < 4.78 is 10.6. The Bertz CT molecular complexity index is 253. The molecule has 0 amide bonds. The van der Waals surface area contributed by atoms with Crippen molar-refractivity contribution >= 4 is 5.97 Å². The molecule has 1 aliphatic heterocycles. The Morgan fingerprint density at radius 2 is 2.19 bits per heavy atom. The Morgan fingerprint density at radius 1 is 1.44 bits per heavy atom. The van der Waals surface area contributed by atoms with Gasteiger partial charge in [0.1, 0.15) is 6.04 Å². The van der Waals surface area contributed by atoms with Gasteiger partial charge < -0.3 is 14.8 Å². The molecule has 4 nitrogen and oxygen atoms in total. The third-order valence-corrected chi connectivity index (χ3v) is 3.42. The highest BCUT2D eigenvalue weighted by Gasteiger charge is 2.36. The van der Waals surface area contributed by atoms with Crippen molar-refractivity contribution in [3.8, 4) is 0 Å². The Kier molecular flexibility index (Phi) is 3.82. The molecule has 2 fully saturated rings. The highest BCUT2D eigenvalue weighted by Crippen LogP contribution is 2.28. The molecule has 3 unspecified atom stereocenters. The van der Waals surface area contributed by atoms with Crippen molar-refractivity contribution in [3.63, 3.8) is 0 Å². The molecule has 0 aromatic heterocycles. The van der Waals surface area contributed by atoms with Crippen molar-refractivity contribution in [2.45, 2.75) is 50.9 Å². The Labute approximate surface area is 96.7 Å². The van der Waals surface area contributed by atoms with Crippen molar-refractivity contribution in [2.75, 3.05) is 13.7 Å². The third kappa shape index (κ3) is 2.95. The lowest BCUT2D eigenvalue weighted by atomic mass is 10.1. The molecule has 0 aromatic carbocycles. The summed E-state index contributed by atoms with van der Waals surface area (Å²) in [5.74, 6) is 0.561. The average molecular weight is 227 g/mol. The van der Waals surface area contributed by atoms with E-state index >= 15 is 0 Å². The largest absolute Gasteiger partial charge is 0.468 e. The molecular weight excluding hydrogens is 206 g/mol. The summed E-state index contributed by atoms with van der Waals surface area (Å²) in [6.07, 6.45) is 4.79. The zero-order valence-electron chi connectivity index (χ0n) is 10.1. The molecule has 16 heavy (non-hydrogen) atoms. The third-order valence-electron chi connectivity index (χ3n) is 3.42. The van der Waals surface area contributed by atoms with Crippen LogP contribution in [0.4, 0.5) is 0 Å². The van der Waals surface area contributed by atoms with Crippen LogP contribution in [0.25, 0.3) is 0 Å². The minimum absolute atomic E-state index is 0.0128. The van der Waals surface area contributed by atoms with E-state index in [-0.39, 0.29) is 24.2 Å². The second kappa shape index (κ2) is 5.15. The fraction of sp³-hybridized carbons (Fsp3) is 0.917. The molecule has 4 heteroatoms. The molecule has 0 bridgehead atoms. The zero-order valence-corrected chi connectivity index (χ0v) is 10.1. The lowest BCUT2D eigenvalue weighted by Gasteiger charge is -2.22. The highest BCUT2D eigenvalue weighted by atomic mass is 16.5. The normalized spacial score (nSPS) is 31.4. The maximum absolute atomic E-state index is 11.7. The van der Waals surface area contributed by atoms with E-state index in [4.69, 9.17) is 9.47 Å². The van der Waals surface area contributed by atoms with Crippen LogP contribution in [-0.4, -0.2) is 37.9 Å². The van der Waals surface area contributed by atoms with E-state index < -0.39 is 0 Å².